The molecule has 0 aliphatic carbocycles. The number of benzene rings is 1. The summed E-state index contributed by atoms with van der Waals surface area (Å²) in [5, 5.41) is 14.1. The number of anilines is 1. The van der Waals surface area contributed by atoms with Gasteiger partial charge in [0, 0.05) is 30.3 Å². The maximum atomic E-state index is 9.87. The Morgan fingerprint density at radius 1 is 1.40 bits per heavy atom. The van der Waals surface area contributed by atoms with E-state index in [4.69, 9.17) is 11.6 Å². The summed E-state index contributed by atoms with van der Waals surface area (Å²) < 4.78 is 0. The third kappa shape index (κ3) is 5.31. The lowest BCUT2D eigenvalue weighted by molar-refractivity contribution is 0.0886. The molecule has 2 N–H and O–H groups in total. The lowest BCUT2D eigenvalue weighted by atomic mass is 10.1. The molecule has 20 heavy (non-hydrogen) atoms. The van der Waals surface area contributed by atoms with Crippen molar-refractivity contribution < 1.29 is 5.11 Å². The highest BCUT2D eigenvalue weighted by atomic mass is 35.5. The Bertz CT molecular complexity index is 429. The molecule has 0 fully saturated rings. The molecule has 0 radical (unpaired) electrons. The first kappa shape index (κ1) is 17.3. The molecule has 0 saturated carbocycles. The van der Waals surface area contributed by atoms with Crippen LogP contribution in [0.1, 0.15) is 45.7 Å². The summed E-state index contributed by atoms with van der Waals surface area (Å²) in [6.07, 6.45) is 1.11. The molecule has 0 bridgehead atoms. The summed E-state index contributed by atoms with van der Waals surface area (Å²) in [6.45, 7) is 9.42. The van der Waals surface area contributed by atoms with Gasteiger partial charge in [-0.15, -0.1) is 0 Å². The molecule has 0 aliphatic rings. The van der Waals surface area contributed by atoms with Gasteiger partial charge in [-0.1, -0.05) is 24.6 Å². The highest BCUT2D eigenvalue weighted by Crippen LogP contribution is 2.28. The molecule has 0 heterocycles. The third-order valence-corrected chi connectivity index (χ3v) is 3.54. The molecule has 3 nitrogen and oxygen atoms in total. The van der Waals surface area contributed by atoms with Gasteiger partial charge in [0.05, 0.1) is 5.60 Å². The van der Waals surface area contributed by atoms with Crippen LogP contribution in [0, 0.1) is 0 Å². The Kier molecular flexibility index (Phi) is 6.31. The third-order valence-electron chi connectivity index (χ3n) is 3.22. The van der Waals surface area contributed by atoms with Crippen LogP contribution < -0.4 is 10.2 Å². The van der Waals surface area contributed by atoms with E-state index in [1.165, 1.54) is 0 Å². The Labute approximate surface area is 127 Å². The second kappa shape index (κ2) is 7.30. The predicted molar refractivity (Wildman–Crippen MR) is 87.7 cm³/mol. The number of nitrogens with zero attached hydrogens (tertiary/aromatic N) is 1. The topological polar surface area (TPSA) is 35.5 Å². The summed E-state index contributed by atoms with van der Waals surface area (Å²) in [5.74, 6) is 0. The zero-order valence-corrected chi connectivity index (χ0v) is 14.0. The van der Waals surface area contributed by atoms with E-state index in [-0.39, 0.29) is 6.04 Å². The summed E-state index contributed by atoms with van der Waals surface area (Å²) in [6, 6.07) is 6.33. The van der Waals surface area contributed by atoms with Crippen molar-refractivity contribution in [2.75, 3.05) is 25.0 Å². The first-order valence-electron chi connectivity index (χ1n) is 7.21. The highest BCUT2D eigenvalue weighted by molar-refractivity contribution is 6.31. The molecule has 0 amide bonds. The first-order valence-corrected chi connectivity index (χ1v) is 7.58. The summed E-state index contributed by atoms with van der Waals surface area (Å²) in [5.41, 5.74) is 1.40. The minimum absolute atomic E-state index is 0.246. The predicted octanol–water partition coefficient (Wildman–Crippen LogP) is 3.61. The second-order valence-corrected chi connectivity index (χ2v) is 6.46. The van der Waals surface area contributed by atoms with E-state index in [1.807, 2.05) is 18.0 Å². The molecule has 0 spiro atoms. The molecule has 0 aromatic heterocycles. The number of hydrogen-bond donors (Lipinski definition) is 2. The maximum Gasteiger partial charge on any atom is 0.0765 e. The van der Waals surface area contributed by atoms with Gasteiger partial charge in [0.1, 0.15) is 0 Å². The zero-order valence-electron chi connectivity index (χ0n) is 13.2. The Hall–Kier alpha value is -0.770. The van der Waals surface area contributed by atoms with Gasteiger partial charge in [0.25, 0.3) is 0 Å². The van der Waals surface area contributed by atoms with Gasteiger partial charge in [-0.2, -0.15) is 0 Å². The molecule has 1 aromatic carbocycles. The number of halogens is 1. The maximum absolute atomic E-state index is 9.87. The monoisotopic (exact) mass is 298 g/mol. The van der Waals surface area contributed by atoms with Gasteiger partial charge in [0.15, 0.2) is 0 Å². The fourth-order valence-corrected chi connectivity index (χ4v) is 2.59. The average molecular weight is 299 g/mol. The van der Waals surface area contributed by atoms with Crippen molar-refractivity contribution >= 4 is 17.3 Å². The van der Waals surface area contributed by atoms with Crippen LogP contribution in [-0.4, -0.2) is 30.8 Å². The Morgan fingerprint density at radius 3 is 2.55 bits per heavy atom. The van der Waals surface area contributed by atoms with Crippen molar-refractivity contribution in [1.82, 2.24) is 5.32 Å². The largest absolute Gasteiger partial charge is 0.389 e. The van der Waals surface area contributed by atoms with Crippen LogP contribution in [0.3, 0.4) is 0 Å². The van der Waals surface area contributed by atoms with Gasteiger partial charge < -0.3 is 15.3 Å². The van der Waals surface area contributed by atoms with E-state index in [9.17, 15) is 5.11 Å². The molecule has 114 valence electrons. The van der Waals surface area contributed by atoms with E-state index < -0.39 is 5.60 Å². The molecular weight excluding hydrogens is 272 g/mol. The van der Waals surface area contributed by atoms with Crippen molar-refractivity contribution in [2.45, 2.75) is 45.8 Å². The van der Waals surface area contributed by atoms with Crippen LogP contribution in [0.4, 0.5) is 5.69 Å². The van der Waals surface area contributed by atoms with Crippen LogP contribution in [0.5, 0.6) is 0 Å². The SMILES string of the molecule is CCCNC(C)c1ccc(N(C)CC(C)(C)O)cc1Cl. The first-order chi connectivity index (χ1) is 9.24. The summed E-state index contributed by atoms with van der Waals surface area (Å²) in [7, 11) is 1.96. The standard InChI is InChI=1S/C16H27ClN2O/c1-6-9-18-12(2)14-8-7-13(10-15(14)17)19(5)11-16(3,4)20/h7-8,10,12,18,20H,6,9,11H2,1-5H3. The molecule has 1 unspecified atom stereocenters. The average Bonchev–Trinajstić information content (AvgIpc) is 2.33. The van der Waals surface area contributed by atoms with E-state index in [1.54, 1.807) is 13.8 Å². The van der Waals surface area contributed by atoms with Crippen LogP contribution in [0.15, 0.2) is 18.2 Å². The molecule has 1 aromatic rings. The van der Waals surface area contributed by atoms with E-state index >= 15 is 0 Å². The van der Waals surface area contributed by atoms with Crippen LogP contribution in [0.25, 0.3) is 0 Å². The summed E-state index contributed by atoms with van der Waals surface area (Å²) in [4.78, 5) is 2.01. The second-order valence-electron chi connectivity index (χ2n) is 6.05. The van der Waals surface area contributed by atoms with E-state index in [0.717, 1.165) is 29.2 Å². The minimum Gasteiger partial charge on any atom is -0.389 e. The normalized spacial score (nSPS) is 13.3. The van der Waals surface area contributed by atoms with Crippen LogP contribution in [-0.2, 0) is 0 Å². The quantitative estimate of drug-likeness (QED) is 0.807. The minimum atomic E-state index is -0.726. The Balaban J connectivity index is 2.82. The van der Waals surface area contributed by atoms with Crippen molar-refractivity contribution in [3.63, 3.8) is 0 Å². The molecule has 1 atom stereocenters. The van der Waals surface area contributed by atoms with Gasteiger partial charge in [-0.3, -0.25) is 0 Å². The fourth-order valence-electron chi connectivity index (χ4n) is 2.25. The van der Waals surface area contributed by atoms with Crippen molar-refractivity contribution in [1.29, 1.82) is 0 Å². The van der Waals surface area contributed by atoms with E-state index in [2.05, 4.69) is 31.3 Å². The van der Waals surface area contributed by atoms with Crippen molar-refractivity contribution in [2.24, 2.45) is 0 Å². The number of rotatable bonds is 7. The highest BCUT2D eigenvalue weighted by Gasteiger charge is 2.17. The molecular formula is C16H27ClN2O. The van der Waals surface area contributed by atoms with Crippen LogP contribution in [0.2, 0.25) is 5.02 Å². The van der Waals surface area contributed by atoms with Crippen molar-refractivity contribution in [3.05, 3.63) is 28.8 Å². The van der Waals surface area contributed by atoms with Gasteiger partial charge in [-0.05, 0) is 51.4 Å². The lowest BCUT2D eigenvalue weighted by Gasteiger charge is -2.28. The number of hydrogen-bond acceptors (Lipinski definition) is 3. The molecule has 1 rings (SSSR count). The van der Waals surface area contributed by atoms with Crippen molar-refractivity contribution in [3.8, 4) is 0 Å². The number of nitrogens with one attached hydrogen (secondary N) is 1. The van der Waals surface area contributed by atoms with Crippen LogP contribution >= 0.6 is 11.6 Å². The van der Waals surface area contributed by atoms with Gasteiger partial charge >= 0.3 is 0 Å². The fraction of sp³-hybridized carbons (Fsp3) is 0.625. The molecule has 0 aliphatic heterocycles. The van der Waals surface area contributed by atoms with E-state index in [0.29, 0.717) is 6.54 Å². The zero-order chi connectivity index (χ0) is 15.3. The van der Waals surface area contributed by atoms with Gasteiger partial charge in [-0.25, -0.2) is 0 Å². The summed E-state index contributed by atoms with van der Waals surface area (Å²) >= 11 is 6.39. The molecule has 0 saturated heterocycles. The smallest absolute Gasteiger partial charge is 0.0765 e. The lowest BCUT2D eigenvalue weighted by Crippen LogP contribution is -2.36. The van der Waals surface area contributed by atoms with Gasteiger partial charge in [0.2, 0.25) is 0 Å². The Morgan fingerprint density at radius 2 is 2.05 bits per heavy atom. The number of aliphatic hydroxyl groups is 1. The number of likely N-dealkylation sites (N-methyl/N-ethyl adjacent to an activating group) is 1. The molecule has 4 heteroatoms.